The first kappa shape index (κ1) is 23.3. The summed E-state index contributed by atoms with van der Waals surface area (Å²) in [5, 5.41) is 16.9. The Bertz CT molecular complexity index is 605. The largest absolute Gasteiger partial charge is 0.393 e. The summed E-state index contributed by atoms with van der Waals surface area (Å²) in [4.78, 5) is 7.14. The number of guanidine groups is 1. The molecule has 1 aliphatic carbocycles. The van der Waals surface area contributed by atoms with Crippen molar-refractivity contribution in [1.82, 2.24) is 15.5 Å². The minimum absolute atomic E-state index is 0. The number of nitrogens with zero attached hydrogens (tertiary/aromatic N) is 2. The number of hydrogen-bond acceptors (Lipinski definition) is 3. The highest BCUT2D eigenvalue weighted by atomic mass is 127. The zero-order valence-electron chi connectivity index (χ0n) is 16.7. The van der Waals surface area contributed by atoms with Gasteiger partial charge in [0, 0.05) is 44.7 Å². The molecule has 1 aromatic rings. The lowest BCUT2D eigenvalue weighted by Crippen LogP contribution is -2.48. The minimum atomic E-state index is -0.189. The van der Waals surface area contributed by atoms with Gasteiger partial charge in [-0.05, 0) is 50.3 Å². The molecule has 3 N–H and O–H groups in total. The molecule has 7 heteroatoms. The number of aliphatic hydroxyl groups excluding tert-OH is 1. The highest BCUT2D eigenvalue weighted by Gasteiger charge is 2.25. The monoisotopic (exact) mass is 504 g/mol. The predicted octanol–water partition coefficient (Wildman–Crippen LogP) is 3.12. The van der Waals surface area contributed by atoms with E-state index in [9.17, 15) is 9.50 Å². The van der Waals surface area contributed by atoms with Gasteiger partial charge in [0.05, 0.1) is 6.10 Å². The summed E-state index contributed by atoms with van der Waals surface area (Å²) in [5.74, 6) is 0.994. The smallest absolute Gasteiger partial charge is 0.191 e. The van der Waals surface area contributed by atoms with Crippen molar-refractivity contribution in [3.05, 3.63) is 35.6 Å². The maximum Gasteiger partial charge on any atom is 0.191 e. The van der Waals surface area contributed by atoms with E-state index in [1.807, 2.05) is 12.1 Å². The second-order valence-corrected chi connectivity index (χ2v) is 7.80. The number of rotatable bonds is 6. The third kappa shape index (κ3) is 7.15. The van der Waals surface area contributed by atoms with Crippen LogP contribution in [-0.2, 0) is 6.54 Å². The molecule has 5 nitrogen and oxygen atoms in total. The van der Waals surface area contributed by atoms with Gasteiger partial charge >= 0.3 is 0 Å². The topological polar surface area (TPSA) is 59.9 Å². The van der Waals surface area contributed by atoms with E-state index in [0.29, 0.717) is 18.5 Å². The van der Waals surface area contributed by atoms with Gasteiger partial charge in [0.2, 0.25) is 0 Å². The van der Waals surface area contributed by atoms with Gasteiger partial charge < -0.3 is 15.7 Å². The number of piperidine rings is 1. The normalized spacial score (nSPS) is 24.0. The number of hydrogen-bond donors (Lipinski definition) is 3. The molecule has 0 amide bonds. The van der Waals surface area contributed by atoms with Gasteiger partial charge in [-0.15, -0.1) is 24.0 Å². The van der Waals surface area contributed by atoms with Crippen LogP contribution in [0.4, 0.5) is 4.39 Å². The van der Waals surface area contributed by atoms with Crippen molar-refractivity contribution < 1.29 is 9.50 Å². The lowest BCUT2D eigenvalue weighted by molar-refractivity contribution is 0.136. The minimum Gasteiger partial charge on any atom is -0.393 e. The maximum atomic E-state index is 13.0. The standard InChI is InChI=1S/C21H33FN4O.HI/c1-2-23-21(24-14-17-4-3-5-20(17)27)25-19-10-12-26(13-11-19)15-16-6-8-18(22)9-7-16;/h6-9,17,19-20,27H,2-5,10-15H2,1H3,(H2,23,24,25);1H. The first-order valence-corrected chi connectivity index (χ1v) is 10.3. The van der Waals surface area contributed by atoms with Crippen LogP contribution in [0.3, 0.4) is 0 Å². The van der Waals surface area contributed by atoms with Gasteiger partial charge in [-0.25, -0.2) is 4.39 Å². The number of benzene rings is 1. The highest BCUT2D eigenvalue weighted by molar-refractivity contribution is 14.0. The SMILES string of the molecule is CCNC(=NCC1CCCC1O)NC1CCN(Cc2ccc(F)cc2)CC1.I. The molecule has 0 bridgehead atoms. The summed E-state index contributed by atoms with van der Waals surface area (Å²) in [6.45, 7) is 6.53. The van der Waals surface area contributed by atoms with E-state index in [1.54, 1.807) is 0 Å². The van der Waals surface area contributed by atoms with E-state index in [1.165, 1.54) is 12.1 Å². The molecule has 0 spiro atoms. The molecule has 28 heavy (non-hydrogen) atoms. The average molecular weight is 504 g/mol. The van der Waals surface area contributed by atoms with Crippen molar-refractivity contribution in [1.29, 1.82) is 0 Å². The van der Waals surface area contributed by atoms with Gasteiger partial charge in [0.25, 0.3) is 0 Å². The summed E-state index contributed by atoms with van der Waals surface area (Å²) in [5.41, 5.74) is 1.16. The molecule has 1 saturated heterocycles. The summed E-state index contributed by atoms with van der Waals surface area (Å²) in [6.07, 6.45) is 5.04. The zero-order valence-corrected chi connectivity index (χ0v) is 19.1. The van der Waals surface area contributed by atoms with Gasteiger partial charge in [0.1, 0.15) is 5.82 Å². The molecule has 2 atom stereocenters. The molecular formula is C21H34FIN4O. The quantitative estimate of drug-likeness (QED) is 0.317. The number of aliphatic hydroxyl groups is 1. The third-order valence-corrected chi connectivity index (χ3v) is 5.69. The zero-order chi connectivity index (χ0) is 19.1. The molecule has 3 rings (SSSR count). The van der Waals surface area contributed by atoms with E-state index in [2.05, 4.69) is 22.5 Å². The van der Waals surface area contributed by atoms with Crippen LogP contribution in [0.2, 0.25) is 0 Å². The Morgan fingerprint density at radius 3 is 2.50 bits per heavy atom. The summed E-state index contributed by atoms with van der Waals surface area (Å²) < 4.78 is 13.0. The van der Waals surface area contributed by atoms with Crippen LogP contribution in [-0.4, -0.2) is 54.3 Å². The van der Waals surface area contributed by atoms with Gasteiger partial charge in [-0.1, -0.05) is 18.6 Å². The van der Waals surface area contributed by atoms with Crippen LogP contribution in [0.5, 0.6) is 0 Å². The Labute approximate surface area is 185 Å². The molecule has 1 aliphatic heterocycles. The van der Waals surface area contributed by atoms with E-state index in [-0.39, 0.29) is 35.9 Å². The Morgan fingerprint density at radius 1 is 1.18 bits per heavy atom. The Balaban J connectivity index is 0.00000280. The van der Waals surface area contributed by atoms with Crippen molar-refractivity contribution in [2.45, 2.75) is 57.7 Å². The molecule has 0 aromatic heterocycles. The van der Waals surface area contributed by atoms with Crippen molar-refractivity contribution in [2.75, 3.05) is 26.2 Å². The lowest BCUT2D eigenvalue weighted by Gasteiger charge is -2.33. The third-order valence-electron chi connectivity index (χ3n) is 5.69. The summed E-state index contributed by atoms with van der Waals surface area (Å²) in [6, 6.07) is 7.22. The molecular weight excluding hydrogens is 470 g/mol. The van der Waals surface area contributed by atoms with Crippen molar-refractivity contribution in [3.63, 3.8) is 0 Å². The van der Waals surface area contributed by atoms with Crippen LogP contribution in [0.15, 0.2) is 29.3 Å². The van der Waals surface area contributed by atoms with Crippen LogP contribution in [0.1, 0.15) is 44.6 Å². The van der Waals surface area contributed by atoms with E-state index in [0.717, 1.165) is 69.8 Å². The number of likely N-dealkylation sites (tertiary alicyclic amines) is 1. The molecule has 2 fully saturated rings. The average Bonchev–Trinajstić information content (AvgIpc) is 3.08. The van der Waals surface area contributed by atoms with Crippen LogP contribution < -0.4 is 10.6 Å². The first-order valence-electron chi connectivity index (χ1n) is 10.3. The fraction of sp³-hybridized carbons (Fsp3) is 0.667. The predicted molar refractivity (Wildman–Crippen MR) is 123 cm³/mol. The fourth-order valence-electron chi connectivity index (χ4n) is 4.04. The molecule has 2 aliphatic rings. The molecule has 1 aromatic carbocycles. The molecule has 158 valence electrons. The summed E-state index contributed by atoms with van der Waals surface area (Å²) in [7, 11) is 0. The second-order valence-electron chi connectivity index (χ2n) is 7.80. The molecule has 2 unspecified atom stereocenters. The second kappa shape index (κ2) is 11.9. The lowest BCUT2D eigenvalue weighted by atomic mass is 10.0. The molecule has 1 heterocycles. The first-order chi connectivity index (χ1) is 13.1. The van der Waals surface area contributed by atoms with Gasteiger partial charge in [0.15, 0.2) is 5.96 Å². The van der Waals surface area contributed by atoms with E-state index in [4.69, 9.17) is 4.99 Å². The Kier molecular flexibility index (Phi) is 9.94. The number of halogens is 2. The van der Waals surface area contributed by atoms with Gasteiger partial charge in [-0.3, -0.25) is 9.89 Å². The number of nitrogens with one attached hydrogen (secondary N) is 2. The van der Waals surface area contributed by atoms with Crippen LogP contribution >= 0.6 is 24.0 Å². The number of aliphatic imine (C=N–C) groups is 1. The summed E-state index contributed by atoms with van der Waals surface area (Å²) >= 11 is 0. The molecule has 1 saturated carbocycles. The Morgan fingerprint density at radius 2 is 1.89 bits per heavy atom. The van der Waals surface area contributed by atoms with E-state index >= 15 is 0 Å². The van der Waals surface area contributed by atoms with E-state index < -0.39 is 0 Å². The Hall–Kier alpha value is -0.930. The molecule has 0 radical (unpaired) electrons. The maximum absolute atomic E-state index is 13.0. The fourth-order valence-corrected chi connectivity index (χ4v) is 4.04. The van der Waals surface area contributed by atoms with Crippen LogP contribution in [0.25, 0.3) is 0 Å². The van der Waals surface area contributed by atoms with Gasteiger partial charge in [-0.2, -0.15) is 0 Å². The van der Waals surface area contributed by atoms with Crippen molar-refractivity contribution in [3.8, 4) is 0 Å². The van der Waals surface area contributed by atoms with Crippen LogP contribution in [0, 0.1) is 11.7 Å². The van der Waals surface area contributed by atoms with Crippen molar-refractivity contribution in [2.24, 2.45) is 10.9 Å². The van der Waals surface area contributed by atoms with Crippen molar-refractivity contribution >= 4 is 29.9 Å². The highest BCUT2D eigenvalue weighted by Crippen LogP contribution is 2.25.